The number of anilines is 1. The zero-order valence-electron chi connectivity index (χ0n) is 16.1. The van der Waals surface area contributed by atoms with Crippen LogP contribution in [0.3, 0.4) is 0 Å². The summed E-state index contributed by atoms with van der Waals surface area (Å²) in [5, 5.41) is 7.26. The van der Waals surface area contributed by atoms with Crippen molar-refractivity contribution < 1.29 is 4.79 Å². The van der Waals surface area contributed by atoms with E-state index in [1.807, 2.05) is 64.1 Å². The molecule has 0 saturated heterocycles. The topological polar surface area (TPSA) is 41.1 Å². The Bertz CT molecular complexity index is 726. The molecule has 140 valence electrons. The first-order chi connectivity index (χ1) is 12.5. The first-order valence-electron chi connectivity index (χ1n) is 9.40. The van der Waals surface area contributed by atoms with E-state index in [4.69, 9.17) is 11.6 Å². The van der Waals surface area contributed by atoms with Crippen LogP contribution in [0.5, 0.6) is 0 Å². The van der Waals surface area contributed by atoms with Gasteiger partial charge in [-0.2, -0.15) is 0 Å². The summed E-state index contributed by atoms with van der Waals surface area (Å²) in [4.78, 5) is 12.7. The highest BCUT2D eigenvalue weighted by molar-refractivity contribution is 6.30. The fraction of sp³-hybridized carbons (Fsp3) is 0.409. The SMILES string of the molecule is CC.Cc1cc(Cl)ccc1NC(C)C(=O)NC1(c2ccccc2)CCC1. The maximum atomic E-state index is 12.7. The lowest BCUT2D eigenvalue weighted by molar-refractivity contribution is -0.124. The zero-order valence-corrected chi connectivity index (χ0v) is 16.9. The lowest BCUT2D eigenvalue weighted by Crippen LogP contribution is -2.54. The highest BCUT2D eigenvalue weighted by Crippen LogP contribution is 2.41. The first-order valence-corrected chi connectivity index (χ1v) is 9.78. The molecule has 1 fully saturated rings. The molecule has 1 unspecified atom stereocenters. The minimum Gasteiger partial charge on any atom is -0.374 e. The van der Waals surface area contributed by atoms with Gasteiger partial charge in [0.2, 0.25) is 5.91 Å². The van der Waals surface area contributed by atoms with Gasteiger partial charge < -0.3 is 10.6 Å². The van der Waals surface area contributed by atoms with E-state index >= 15 is 0 Å². The Labute approximate surface area is 162 Å². The van der Waals surface area contributed by atoms with Crippen molar-refractivity contribution >= 4 is 23.2 Å². The fourth-order valence-electron chi connectivity index (χ4n) is 3.21. The summed E-state index contributed by atoms with van der Waals surface area (Å²) in [6.45, 7) is 7.87. The summed E-state index contributed by atoms with van der Waals surface area (Å²) in [7, 11) is 0. The van der Waals surface area contributed by atoms with Gasteiger partial charge in [-0.25, -0.2) is 0 Å². The van der Waals surface area contributed by atoms with Crippen LogP contribution in [0.2, 0.25) is 5.02 Å². The quantitative estimate of drug-likeness (QED) is 0.709. The van der Waals surface area contributed by atoms with Crippen LogP contribution in [0.4, 0.5) is 5.69 Å². The Morgan fingerprint density at radius 2 is 1.77 bits per heavy atom. The molecule has 4 heteroatoms. The Hall–Kier alpha value is -2.00. The van der Waals surface area contributed by atoms with Crippen LogP contribution < -0.4 is 10.6 Å². The first kappa shape index (κ1) is 20.3. The minimum absolute atomic E-state index is 0.0212. The van der Waals surface area contributed by atoms with Crippen molar-refractivity contribution in [2.75, 3.05) is 5.32 Å². The Morgan fingerprint density at radius 1 is 1.12 bits per heavy atom. The molecular formula is C22H29ClN2O. The summed E-state index contributed by atoms with van der Waals surface area (Å²) >= 11 is 5.99. The summed E-state index contributed by atoms with van der Waals surface area (Å²) in [5.41, 5.74) is 2.95. The van der Waals surface area contributed by atoms with Crippen LogP contribution in [0.15, 0.2) is 48.5 Å². The number of aryl methyl sites for hydroxylation is 1. The largest absolute Gasteiger partial charge is 0.374 e. The van der Waals surface area contributed by atoms with Crippen molar-refractivity contribution in [1.82, 2.24) is 5.32 Å². The molecule has 3 nitrogen and oxygen atoms in total. The van der Waals surface area contributed by atoms with E-state index < -0.39 is 0 Å². The predicted octanol–water partition coefficient (Wildman–Crippen LogP) is 5.67. The number of nitrogens with one attached hydrogen (secondary N) is 2. The summed E-state index contributed by atoms with van der Waals surface area (Å²) in [6.07, 6.45) is 3.14. The third-order valence-electron chi connectivity index (χ3n) is 4.85. The summed E-state index contributed by atoms with van der Waals surface area (Å²) in [5.74, 6) is 0.0212. The van der Waals surface area contributed by atoms with Crippen LogP contribution in [0.1, 0.15) is 51.2 Å². The molecule has 0 aromatic heterocycles. The number of hydrogen-bond donors (Lipinski definition) is 2. The lowest BCUT2D eigenvalue weighted by Gasteiger charge is -2.43. The van der Waals surface area contributed by atoms with E-state index in [0.29, 0.717) is 5.02 Å². The van der Waals surface area contributed by atoms with Gasteiger partial charge in [0.25, 0.3) is 0 Å². The maximum Gasteiger partial charge on any atom is 0.242 e. The number of benzene rings is 2. The lowest BCUT2D eigenvalue weighted by atomic mass is 9.71. The molecule has 2 aromatic carbocycles. The van der Waals surface area contributed by atoms with Gasteiger partial charge in [0, 0.05) is 10.7 Å². The van der Waals surface area contributed by atoms with Gasteiger partial charge in [0.15, 0.2) is 0 Å². The average Bonchev–Trinajstić information content (AvgIpc) is 2.62. The number of carbonyl (C=O) groups excluding carboxylic acids is 1. The van der Waals surface area contributed by atoms with E-state index in [1.54, 1.807) is 0 Å². The molecule has 1 saturated carbocycles. The van der Waals surface area contributed by atoms with E-state index in [9.17, 15) is 4.79 Å². The van der Waals surface area contributed by atoms with Crippen molar-refractivity contribution in [2.24, 2.45) is 0 Å². The Balaban J connectivity index is 0.00000117. The number of carbonyl (C=O) groups is 1. The second-order valence-corrected chi connectivity index (χ2v) is 7.05. The van der Waals surface area contributed by atoms with Crippen molar-refractivity contribution in [1.29, 1.82) is 0 Å². The standard InChI is InChI=1S/C20H23ClN2O.C2H6/c1-14-13-17(21)9-10-18(14)22-15(2)19(24)23-20(11-6-12-20)16-7-4-3-5-8-16;1-2/h3-5,7-10,13,15,22H,6,11-12H2,1-2H3,(H,23,24);1-2H3. The van der Waals surface area contributed by atoms with Gasteiger partial charge in [-0.05, 0) is 62.4 Å². The molecular weight excluding hydrogens is 344 g/mol. The molecule has 0 bridgehead atoms. The molecule has 1 amide bonds. The highest BCUT2D eigenvalue weighted by atomic mass is 35.5. The molecule has 3 rings (SSSR count). The van der Waals surface area contributed by atoms with Gasteiger partial charge >= 0.3 is 0 Å². The van der Waals surface area contributed by atoms with Crippen LogP contribution in [0, 0.1) is 6.92 Å². The van der Waals surface area contributed by atoms with Gasteiger partial charge in [-0.1, -0.05) is 55.8 Å². The maximum absolute atomic E-state index is 12.7. The molecule has 0 radical (unpaired) electrons. The number of halogens is 1. The molecule has 1 aliphatic carbocycles. The van der Waals surface area contributed by atoms with Gasteiger partial charge in [0.05, 0.1) is 5.54 Å². The number of rotatable bonds is 5. The molecule has 2 N–H and O–H groups in total. The minimum atomic E-state index is -0.314. The third-order valence-corrected chi connectivity index (χ3v) is 5.08. The monoisotopic (exact) mass is 372 g/mol. The number of amides is 1. The third kappa shape index (κ3) is 4.59. The van der Waals surface area contributed by atoms with Gasteiger partial charge in [-0.15, -0.1) is 0 Å². The van der Waals surface area contributed by atoms with E-state index in [-0.39, 0.29) is 17.5 Å². The molecule has 26 heavy (non-hydrogen) atoms. The van der Waals surface area contributed by atoms with Crippen molar-refractivity contribution in [3.8, 4) is 0 Å². The summed E-state index contributed by atoms with van der Waals surface area (Å²) in [6, 6.07) is 15.6. The number of hydrogen-bond acceptors (Lipinski definition) is 2. The van der Waals surface area contributed by atoms with Crippen molar-refractivity contribution in [2.45, 2.75) is 58.5 Å². The van der Waals surface area contributed by atoms with Crippen LogP contribution in [-0.2, 0) is 10.3 Å². The fourth-order valence-corrected chi connectivity index (χ4v) is 3.43. The zero-order chi connectivity index (χ0) is 19.2. The smallest absolute Gasteiger partial charge is 0.242 e. The van der Waals surface area contributed by atoms with Crippen LogP contribution >= 0.6 is 11.6 Å². The van der Waals surface area contributed by atoms with E-state index in [2.05, 4.69) is 22.8 Å². The molecule has 2 aromatic rings. The molecule has 1 atom stereocenters. The van der Waals surface area contributed by atoms with Crippen molar-refractivity contribution in [3.63, 3.8) is 0 Å². The second kappa shape index (κ2) is 9.09. The highest BCUT2D eigenvalue weighted by Gasteiger charge is 2.40. The van der Waals surface area contributed by atoms with Crippen LogP contribution in [0.25, 0.3) is 0 Å². The van der Waals surface area contributed by atoms with Crippen molar-refractivity contribution in [3.05, 3.63) is 64.7 Å². The molecule has 0 heterocycles. The predicted molar refractivity (Wildman–Crippen MR) is 111 cm³/mol. The Morgan fingerprint density at radius 3 is 2.31 bits per heavy atom. The molecule has 0 aliphatic heterocycles. The second-order valence-electron chi connectivity index (χ2n) is 6.62. The normalized spacial score (nSPS) is 15.7. The Kier molecular flexibility index (Phi) is 7.10. The molecule has 1 aliphatic rings. The van der Waals surface area contributed by atoms with Gasteiger partial charge in [0.1, 0.15) is 6.04 Å². The summed E-state index contributed by atoms with van der Waals surface area (Å²) < 4.78 is 0. The van der Waals surface area contributed by atoms with E-state index in [0.717, 1.165) is 30.5 Å². The molecule has 0 spiro atoms. The average molecular weight is 373 g/mol. The van der Waals surface area contributed by atoms with Gasteiger partial charge in [-0.3, -0.25) is 4.79 Å². The van der Waals surface area contributed by atoms with Crippen LogP contribution in [-0.4, -0.2) is 11.9 Å². The van der Waals surface area contributed by atoms with E-state index in [1.165, 1.54) is 5.56 Å².